The highest BCUT2D eigenvalue weighted by atomic mass is 16.5. The van der Waals surface area contributed by atoms with Gasteiger partial charge >= 0.3 is 0 Å². The number of aromatic nitrogens is 2. The van der Waals surface area contributed by atoms with E-state index >= 15 is 0 Å². The number of rotatable bonds is 18. The molecule has 0 saturated heterocycles. The number of benzene rings is 3. The molecule has 0 saturated carbocycles. The van der Waals surface area contributed by atoms with Crippen molar-refractivity contribution in [2.75, 3.05) is 39.9 Å². The summed E-state index contributed by atoms with van der Waals surface area (Å²) in [5, 5.41) is 31.0. The first-order valence-electron chi connectivity index (χ1n) is 22.1. The first-order valence-corrected chi connectivity index (χ1v) is 22.1. The molecule has 0 radical (unpaired) electrons. The number of nitrogens with two attached hydrogens (primary N) is 2. The van der Waals surface area contributed by atoms with Gasteiger partial charge in [0.05, 0.1) is 36.2 Å². The highest BCUT2D eigenvalue weighted by molar-refractivity contribution is 6.00. The SMILES string of the molecule is CCCCCOc1ccc(-c2nc(C)c(C(=O)N[C@@H](CCN)C(=O)N(C)[C@@H]3C(=O)N[C@@H](C)C(=O)N[C@H](C(=O)NCC#N)Cc4ccc(O)c(c4)-c4cc3ccc4OCCCN)c(C)n2)cc1. The lowest BCUT2D eigenvalue weighted by Crippen LogP contribution is -2.56. The molecule has 18 heteroatoms. The molecule has 0 spiro atoms. The average Bonchev–Trinajstić information content (AvgIpc) is 3.29. The minimum absolute atomic E-state index is 0.0119. The fourth-order valence-electron chi connectivity index (χ4n) is 7.59. The van der Waals surface area contributed by atoms with E-state index in [-0.39, 0.29) is 55.0 Å². The maximum absolute atomic E-state index is 14.6. The van der Waals surface area contributed by atoms with Crippen LogP contribution in [0.1, 0.15) is 84.9 Å². The Balaban J connectivity index is 1.50. The van der Waals surface area contributed by atoms with Gasteiger partial charge in [-0.1, -0.05) is 31.9 Å². The number of carbonyl (C=O) groups excluding carboxylic acids is 5. The second-order valence-corrected chi connectivity index (χ2v) is 16.1. The zero-order valence-electron chi connectivity index (χ0n) is 38.1. The molecular weight excluding hydrogens is 845 g/mol. The average molecular weight is 905 g/mol. The Labute approximate surface area is 384 Å². The molecule has 0 fully saturated rings. The Morgan fingerprint density at radius 1 is 0.924 bits per heavy atom. The van der Waals surface area contributed by atoms with E-state index in [4.69, 9.17) is 26.2 Å². The highest BCUT2D eigenvalue weighted by Crippen LogP contribution is 2.39. The number of aryl methyl sites for hydroxylation is 2. The van der Waals surface area contributed by atoms with E-state index < -0.39 is 53.7 Å². The number of nitrogens with zero attached hydrogens (tertiary/aromatic N) is 4. The lowest BCUT2D eigenvalue weighted by molar-refractivity contribution is -0.141. The van der Waals surface area contributed by atoms with Gasteiger partial charge in [0, 0.05) is 30.2 Å². The molecule has 1 aromatic heterocycles. The van der Waals surface area contributed by atoms with Crippen LogP contribution in [-0.2, 0) is 25.6 Å². The maximum Gasteiger partial charge on any atom is 0.255 e. The van der Waals surface area contributed by atoms with Crippen molar-refractivity contribution < 1.29 is 38.6 Å². The first-order chi connectivity index (χ1) is 31.7. The Morgan fingerprint density at radius 3 is 2.30 bits per heavy atom. The number of unbranched alkanes of at least 4 members (excludes halogenated alkanes) is 2. The summed E-state index contributed by atoms with van der Waals surface area (Å²) < 4.78 is 12.0. The van der Waals surface area contributed by atoms with Crippen molar-refractivity contribution in [3.05, 3.63) is 88.7 Å². The lowest BCUT2D eigenvalue weighted by Gasteiger charge is -2.32. The van der Waals surface area contributed by atoms with Gasteiger partial charge in [0.15, 0.2) is 5.82 Å². The standard InChI is InChI=1S/C48H60N10O8/c1-6-7-8-23-65-34-14-11-32(12-15-34)43-53-28(2)41(29(3)54-43)46(62)56-37(18-20-50)48(64)58(5)42-33-13-17-40(66-24-9-19-49)36(27-33)35-25-31(10-16-39(35)59)26-38(45(61)52-22-21-51)57-44(60)30(4)55-47(42)63/h10-17,25,27,30,37-38,42,59H,6-9,18-20,22-24,26,49-50H2,1-5H3,(H,52,61)(H,55,63)(H,56,62)(H,57,60)/t30-,37-,38-,42-/m0/s1. The topological polar surface area (TPSA) is 277 Å². The van der Waals surface area contributed by atoms with Crippen LogP contribution < -0.4 is 42.2 Å². The monoisotopic (exact) mass is 904 g/mol. The van der Waals surface area contributed by atoms with Crippen molar-refractivity contribution in [1.82, 2.24) is 36.1 Å². The predicted molar refractivity (Wildman–Crippen MR) is 247 cm³/mol. The first kappa shape index (κ1) is 49.9. The van der Waals surface area contributed by atoms with Gasteiger partial charge in [0.25, 0.3) is 5.91 Å². The lowest BCUT2D eigenvalue weighted by atomic mass is 9.93. The van der Waals surface area contributed by atoms with E-state index in [1.165, 1.54) is 20.0 Å². The van der Waals surface area contributed by atoms with Gasteiger partial charge < -0.3 is 52.2 Å². The van der Waals surface area contributed by atoms with Crippen LogP contribution >= 0.6 is 0 Å². The van der Waals surface area contributed by atoms with E-state index in [0.717, 1.165) is 35.5 Å². The molecule has 5 rings (SSSR count). The molecule has 4 bridgehead atoms. The molecule has 4 aromatic rings. The molecule has 9 N–H and O–H groups in total. The normalized spacial score (nSPS) is 16.4. The third kappa shape index (κ3) is 12.6. The summed E-state index contributed by atoms with van der Waals surface area (Å²) in [5.41, 5.74) is 14.8. The Kier molecular flexibility index (Phi) is 17.9. The van der Waals surface area contributed by atoms with E-state index in [2.05, 4.69) is 38.2 Å². The fraction of sp³-hybridized carbons (Fsp3) is 0.417. The van der Waals surface area contributed by atoms with Crippen LogP contribution in [0, 0.1) is 25.2 Å². The summed E-state index contributed by atoms with van der Waals surface area (Å²) in [6.45, 7) is 7.79. The van der Waals surface area contributed by atoms with Crippen LogP contribution in [0.2, 0.25) is 0 Å². The van der Waals surface area contributed by atoms with Gasteiger partial charge in [-0.3, -0.25) is 24.0 Å². The summed E-state index contributed by atoms with van der Waals surface area (Å²) in [6, 6.07) is 13.7. The summed E-state index contributed by atoms with van der Waals surface area (Å²) in [6.07, 6.45) is 3.61. The zero-order chi connectivity index (χ0) is 47.9. The third-order valence-corrected chi connectivity index (χ3v) is 11.1. The molecule has 18 nitrogen and oxygen atoms in total. The molecule has 2 heterocycles. The molecule has 0 unspecified atom stereocenters. The number of hydrogen-bond donors (Lipinski definition) is 7. The van der Waals surface area contributed by atoms with E-state index in [1.807, 2.05) is 30.3 Å². The number of hydrogen-bond acceptors (Lipinski definition) is 13. The number of likely N-dealkylation sites (N-methyl/N-ethyl adjacent to an activating group) is 1. The van der Waals surface area contributed by atoms with E-state index in [1.54, 1.807) is 44.2 Å². The van der Waals surface area contributed by atoms with Crippen molar-refractivity contribution in [2.24, 2.45) is 11.5 Å². The van der Waals surface area contributed by atoms with Crippen molar-refractivity contribution in [3.8, 4) is 45.8 Å². The Bertz CT molecular complexity index is 2400. The number of aromatic hydroxyl groups is 1. The maximum atomic E-state index is 14.6. The number of phenolic OH excluding ortho intramolecular Hbond substituents is 1. The van der Waals surface area contributed by atoms with Gasteiger partial charge in [-0.2, -0.15) is 5.26 Å². The molecule has 66 heavy (non-hydrogen) atoms. The smallest absolute Gasteiger partial charge is 0.255 e. The highest BCUT2D eigenvalue weighted by Gasteiger charge is 2.36. The molecule has 4 atom stereocenters. The minimum Gasteiger partial charge on any atom is -0.507 e. The van der Waals surface area contributed by atoms with Crippen LogP contribution in [0.3, 0.4) is 0 Å². The quantitative estimate of drug-likeness (QED) is 0.0559. The number of carbonyl (C=O) groups is 5. The molecule has 350 valence electrons. The third-order valence-electron chi connectivity index (χ3n) is 11.1. The number of phenols is 1. The number of amides is 5. The molecule has 0 aliphatic carbocycles. The Morgan fingerprint density at radius 2 is 1.64 bits per heavy atom. The summed E-state index contributed by atoms with van der Waals surface area (Å²) in [5.74, 6) is -2.13. The molecule has 3 aromatic carbocycles. The zero-order valence-corrected chi connectivity index (χ0v) is 38.1. The second kappa shape index (κ2) is 23.7. The molecular formula is C48H60N10O8. The van der Waals surface area contributed by atoms with Gasteiger partial charge in [-0.15, -0.1) is 0 Å². The Hall–Kier alpha value is -7.10. The summed E-state index contributed by atoms with van der Waals surface area (Å²) >= 11 is 0. The summed E-state index contributed by atoms with van der Waals surface area (Å²) in [4.78, 5) is 80.5. The number of nitriles is 1. The van der Waals surface area contributed by atoms with Crippen LogP contribution in [0.15, 0.2) is 60.7 Å². The van der Waals surface area contributed by atoms with Crippen LogP contribution in [0.25, 0.3) is 22.5 Å². The summed E-state index contributed by atoms with van der Waals surface area (Å²) in [7, 11) is 1.39. The van der Waals surface area contributed by atoms with Crippen molar-refractivity contribution in [1.29, 1.82) is 5.26 Å². The van der Waals surface area contributed by atoms with Crippen molar-refractivity contribution >= 4 is 29.5 Å². The van der Waals surface area contributed by atoms with Gasteiger partial charge in [0.2, 0.25) is 23.6 Å². The largest absolute Gasteiger partial charge is 0.507 e. The number of nitrogens with one attached hydrogen (secondary N) is 4. The molecule has 5 amide bonds. The van der Waals surface area contributed by atoms with Gasteiger partial charge in [-0.05, 0) is 113 Å². The van der Waals surface area contributed by atoms with E-state index in [9.17, 15) is 29.1 Å². The minimum atomic E-state index is -1.43. The van der Waals surface area contributed by atoms with Crippen molar-refractivity contribution in [3.63, 3.8) is 0 Å². The van der Waals surface area contributed by atoms with Crippen LogP contribution in [0.4, 0.5) is 0 Å². The van der Waals surface area contributed by atoms with Gasteiger partial charge in [0.1, 0.15) is 48.0 Å². The second-order valence-electron chi connectivity index (χ2n) is 16.1. The fourth-order valence-corrected chi connectivity index (χ4v) is 7.59. The van der Waals surface area contributed by atoms with Crippen molar-refractivity contribution in [2.45, 2.75) is 90.4 Å². The van der Waals surface area contributed by atoms with E-state index in [0.29, 0.717) is 53.7 Å². The van der Waals surface area contributed by atoms with Gasteiger partial charge in [-0.25, -0.2) is 9.97 Å². The molecule has 1 aliphatic rings. The van der Waals surface area contributed by atoms with Crippen LogP contribution in [0.5, 0.6) is 17.2 Å². The number of ether oxygens (including phenoxy) is 2. The molecule has 1 aliphatic heterocycles. The predicted octanol–water partition coefficient (Wildman–Crippen LogP) is 3.26. The number of fused-ring (bicyclic) bond motifs is 5. The van der Waals surface area contributed by atoms with Crippen LogP contribution in [-0.4, -0.2) is 108 Å².